The SMILES string of the molecule is CC(C)NC(=O)[C@@H]1CC(c2ccccc2O)=NO1. The molecular weight excluding hydrogens is 232 g/mol. The largest absolute Gasteiger partial charge is 0.507 e. The Morgan fingerprint density at radius 2 is 2.22 bits per heavy atom. The monoisotopic (exact) mass is 248 g/mol. The Balaban J connectivity index is 2.04. The van der Waals surface area contributed by atoms with Gasteiger partial charge in [0.15, 0.2) is 0 Å². The molecule has 1 atom stereocenters. The van der Waals surface area contributed by atoms with E-state index in [0.717, 1.165) is 0 Å². The maximum atomic E-state index is 11.7. The minimum Gasteiger partial charge on any atom is -0.507 e. The molecule has 0 aromatic heterocycles. The van der Waals surface area contributed by atoms with Crippen molar-refractivity contribution < 1.29 is 14.7 Å². The highest BCUT2D eigenvalue weighted by Crippen LogP contribution is 2.23. The molecule has 5 heteroatoms. The fourth-order valence-electron chi connectivity index (χ4n) is 1.77. The molecule has 1 aliphatic rings. The molecule has 1 aliphatic heterocycles. The number of rotatable bonds is 3. The lowest BCUT2D eigenvalue weighted by Gasteiger charge is -2.11. The molecule has 0 aliphatic carbocycles. The van der Waals surface area contributed by atoms with Gasteiger partial charge in [-0.3, -0.25) is 4.79 Å². The van der Waals surface area contributed by atoms with Gasteiger partial charge in [-0.15, -0.1) is 0 Å². The van der Waals surface area contributed by atoms with E-state index in [4.69, 9.17) is 4.84 Å². The van der Waals surface area contributed by atoms with E-state index in [-0.39, 0.29) is 17.7 Å². The van der Waals surface area contributed by atoms with Gasteiger partial charge < -0.3 is 15.3 Å². The molecule has 0 bridgehead atoms. The second-order valence-corrected chi connectivity index (χ2v) is 4.52. The predicted molar refractivity (Wildman–Crippen MR) is 67.4 cm³/mol. The van der Waals surface area contributed by atoms with Gasteiger partial charge in [0.1, 0.15) is 5.75 Å². The Hall–Kier alpha value is -2.04. The Morgan fingerprint density at radius 3 is 2.89 bits per heavy atom. The van der Waals surface area contributed by atoms with E-state index in [1.165, 1.54) is 0 Å². The topological polar surface area (TPSA) is 70.9 Å². The van der Waals surface area contributed by atoms with E-state index in [9.17, 15) is 9.90 Å². The molecule has 18 heavy (non-hydrogen) atoms. The van der Waals surface area contributed by atoms with Crippen LogP contribution in [0.25, 0.3) is 0 Å². The van der Waals surface area contributed by atoms with E-state index in [0.29, 0.717) is 17.7 Å². The summed E-state index contributed by atoms with van der Waals surface area (Å²) in [5.41, 5.74) is 1.20. The first kappa shape index (κ1) is 12.4. The molecule has 2 rings (SSSR count). The Morgan fingerprint density at radius 1 is 1.50 bits per heavy atom. The number of hydrogen-bond acceptors (Lipinski definition) is 4. The van der Waals surface area contributed by atoms with E-state index in [2.05, 4.69) is 10.5 Å². The zero-order chi connectivity index (χ0) is 13.1. The molecule has 1 heterocycles. The third-order valence-electron chi connectivity index (χ3n) is 2.61. The van der Waals surface area contributed by atoms with Crippen molar-refractivity contribution in [1.82, 2.24) is 5.32 Å². The zero-order valence-electron chi connectivity index (χ0n) is 10.4. The molecule has 5 nitrogen and oxygen atoms in total. The van der Waals surface area contributed by atoms with E-state index in [1.807, 2.05) is 13.8 Å². The Labute approximate surface area is 105 Å². The average Bonchev–Trinajstić information content (AvgIpc) is 2.78. The van der Waals surface area contributed by atoms with Crippen LogP contribution in [0.5, 0.6) is 5.75 Å². The van der Waals surface area contributed by atoms with Crippen molar-refractivity contribution in [1.29, 1.82) is 0 Å². The van der Waals surface area contributed by atoms with Gasteiger partial charge in [-0.25, -0.2) is 0 Å². The second kappa shape index (κ2) is 5.08. The number of phenolic OH excluding ortho intramolecular Hbond substituents is 1. The number of carbonyl (C=O) groups is 1. The maximum absolute atomic E-state index is 11.7. The number of nitrogens with one attached hydrogen (secondary N) is 1. The summed E-state index contributed by atoms with van der Waals surface area (Å²) in [6.07, 6.45) is -0.238. The van der Waals surface area contributed by atoms with Crippen LogP contribution in [0.1, 0.15) is 25.8 Å². The Kier molecular flexibility index (Phi) is 3.50. The van der Waals surface area contributed by atoms with Crippen LogP contribution in [-0.2, 0) is 9.63 Å². The highest BCUT2D eigenvalue weighted by molar-refractivity contribution is 6.05. The summed E-state index contributed by atoms with van der Waals surface area (Å²) < 4.78 is 0. The summed E-state index contributed by atoms with van der Waals surface area (Å²) in [5, 5.41) is 16.3. The van der Waals surface area contributed by atoms with Crippen molar-refractivity contribution >= 4 is 11.6 Å². The minimum atomic E-state index is -0.609. The van der Waals surface area contributed by atoms with Crippen LogP contribution in [0.3, 0.4) is 0 Å². The molecule has 0 fully saturated rings. The smallest absolute Gasteiger partial charge is 0.264 e. The van der Waals surface area contributed by atoms with E-state index >= 15 is 0 Å². The van der Waals surface area contributed by atoms with Crippen molar-refractivity contribution in [2.24, 2.45) is 5.16 Å². The summed E-state index contributed by atoms with van der Waals surface area (Å²) in [7, 11) is 0. The number of oxime groups is 1. The molecule has 1 amide bonds. The lowest BCUT2D eigenvalue weighted by atomic mass is 10.0. The van der Waals surface area contributed by atoms with Gasteiger partial charge in [0.05, 0.1) is 5.71 Å². The van der Waals surface area contributed by atoms with Crippen LogP contribution >= 0.6 is 0 Å². The van der Waals surface area contributed by atoms with Gasteiger partial charge in [0, 0.05) is 18.0 Å². The summed E-state index contributed by atoms with van der Waals surface area (Å²) in [4.78, 5) is 16.8. The molecule has 0 unspecified atom stereocenters. The molecule has 2 N–H and O–H groups in total. The third kappa shape index (κ3) is 2.61. The molecule has 1 aromatic rings. The van der Waals surface area contributed by atoms with Crippen molar-refractivity contribution in [2.45, 2.75) is 32.4 Å². The van der Waals surface area contributed by atoms with Gasteiger partial charge in [0.25, 0.3) is 5.91 Å². The van der Waals surface area contributed by atoms with Crippen LogP contribution in [0, 0.1) is 0 Å². The van der Waals surface area contributed by atoms with Crippen molar-refractivity contribution in [3.63, 3.8) is 0 Å². The molecule has 0 saturated carbocycles. The molecule has 0 radical (unpaired) electrons. The fourth-order valence-corrected chi connectivity index (χ4v) is 1.77. The quantitative estimate of drug-likeness (QED) is 0.849. The number of nitrogens with zero attached hydrogens (tertiary/aromatic N) is 1. The lowest BCUT2D eigenvalue weighted by Crippen LogP contribution is -2.38. The predicted octanol–water partition coefficient (Wildman–Crippen LogP) is 1.41. The molecule has 96 valence electrons. The standard InChI is InChI=1S/C13H16N2O3/c1-8(2)14-13(17)12-7-10(15-18-12)9-5-3-4-6-11(9)16/h3-6,8,12,16H,7H2,1-2H3,(H,14,17)/t12-/m0/s1. The molecule has 1 aromatic carbocycles. The number of aromatic hydroxyl groups is 1. The van der Waals surface area contributed by atoms with E-state index in [1.54, 1.807) is 24.3 Å². The fraction of sp³-hybridized carbons (Fsp3) is 0.385. The lowest BCUT2D eigenvalue weighted by molar-refractivity contribution is -0.131. The van der Waals surface area contributed by atoms with Crippen LogP contribution < -0.4 is 5.32 Å². The van der Waals surface area contributed by atoms with Crippen molar-refractivity contribution in [2.75, 3.05) is 0 Å². The van der Waals surface area contributed by atoms with E-state index < -0.39 is 6.10 Å². The van der Waals surface area contributed by atoms with Crippen molar-refractivity contribution in [3.05, 3.63) is 29.8 Å². The third-order valence-corrected chi connectivity index (χ3v) is 2.61. The molecule has 0 saturated heterocycles. The number of amides is 1. The maximum Gasteiger partial charge on any atom is 0.264 e. The van der Waals surface area contributed by atoms with Gasteiger partial charge in [-0.2, -0.15) is 0 Å². The first-order valence-electron chi connectivity index (χ1n) is 5.89. The van der Waals surface area contributed by atoms with Gasteiger partial charge >= 0.3 is 0 Å². The average molecular weight is 248 g/mol. The molecular formula is C13H16N2O3. The number of phenols is 1. The number of carbonyl (C=O) groups excluding carboxylic acids is 1. The van der Waals surface area contributed by atoms with Crippen LogP contribution in [-0.4, -0.2) is 28.9 Å². The summed E-state index contributed by atoms with van der Waals surface area (Å²) in [6.45, 7) is 3.77. The highest BCUT2D eigenvalue weighted by Gasteiger charge is 2.29. The van der Waals surface area contributed by atoms with Crippen molar-refractivity contribution in [3.8, 4) is 5.75 Å². The van der Waals surface area contributed by atoms with Crippen LogP contribution in [0.2, 0.25) is 0 Å². The van der Waals surface area contributed by atoms with Gasteiger partial charge in [-0.05, 0) is 26.0 Å². The number of hydrogen-bond donors (Lipinski definition) is 2. The number of para-hydroxylation sites is 1. The summed E-state index contributed by atoms with van der Waals surface area (Å²) >= 11 is 0. The zero-order valence-corrected chi connectivity index (χ0v) is 10.4. The highest BCUT2D eigenvalue weighted by atomic mass is 16.6. The normalized spacial score (nSPS) is 18.4. The van der Waals surface area contributed by atoms with Gasteiger partial charge in [0.2, 0.25) is 6.10 Å². The summed E-state index contributed by atoms with van der Waals surface area (Å²) in [5.74, 6) is -0.0380. The first-order valence-corrected chi connectivity index (χ1v) is 5.89. The van der Waals surface area contributed by atoms with Gasteiger partial charge in [-0.1, -0.05) is 17.3 Å². The first-order chi connectivity index (χ1) is 8.58. The van der Waals surface area contributed by atoms with Crippen LogP contribution in [0.4, 0.5) is 0 Å². The minimum absolute atomic E-state index is 0.0651. The Bertz CT molecular complexity index is 483. The summed E-state index contributed by atoms with van der Waals surface area (Å²) in [6, 6.07) is 6.94. The number of benzene rings is 1. The second-order valence-electron chi connectivity index (χ2n) is 4.52. The molecule has 0 spiro atoms. The van der Waals surface area contributed by atoms with Crippen LogP contribution in [0.15, 0.2) is 29.4 Å².